The first-order chi connectivity index (χ1) is 11.2. The maximum atomic E-state index is 13.3. The van der Waals surface area contributed by atoms with Crippen LogP contribution in [0.3, 0.4) is 0 Å². The molecular formula is C19H23FN2O. The molecule has 1 N–H and O–H groups in total. The molecule has 3 fully saturated rings. The largest absolute Gasteiger partial charge is 0.361 e. The molecule has 122 valence electrons. The fourth-order valence-electron chi connectivity index (χ4n) is 4.42. The van der Waals surface area contributed by atoms with E-state index in [1.165, 1.54) is 31.4 Å². The third-order valence-electron chi connectivity index (χ3n) is 5.70. The van der Waals surface area contributed by atoms with Crippen LogP contribution in [0.1, 0.15) is 44.6 Å². The second-order valence-corrected chi connectivity index (χ2v) is 7.09. The molecule has 2 aromatic rings. The van der Waals surface area contributed by atoms with Crippen LogP contribution in [-0.2, 0) is 11.2 Å². The Morgan fingerprint density at radius 2 is 2.17 bits per heavy atom. The fraction of sp³-hybridized carbons (Fsp3) is 0.526. The van der Waals surface area contributed by atoms with E-state index in [9.17, 15) is 9.18 Å². The molecule has 3 heterocycles. The van der Waals surface area contributed by atoms with E-state index < -0.39 is 0 Å². The molecule has 1 unspecified atom stereocenters. The van der Waals surface area contributed by atoms with Crippen LogP contribution in [0.2, 0.25) is 0 Å². The Labute approximate surface area is 135 Å². The molecule has 1 aromatic heterocycles. The van der Waals surface area contributed by atoms with Crippen LogP contribution in [-0.4, -0.2) is 27.9 Å². The number of hydrogen-bond donors (Lipinski definition) is 1. The van der Waals surface area contributed by atoms with Crippen LogP contribution in [0, 0.1) is 11.7 Å². The molecule has 3 aliphatic rings. The molecule has 2 bridgehead atoms. The molecule has 0 radical (unpaired) electrons. The average molecular weight is 314 g/mol. The van der Waals surface area contributed by atoms with Gasteiger partial charge in [-0.2, -0.15) is 0 Å². The molecule has 4 heteroatoms. The van der Waals surface area contributed by atoms with Crippen molar-refractivity contribution in [3.63, 3.8) is 0 Å². The van der Waals surface area contributed by atoms with E-state index in [0.29, 0.717) is 24.9 Å². The first-order valence-corrected chi connectivity index (χ1v) is 8.72. The van der Waals surface area contributed by atoms with Crippen molar-refractivity contribution in [2.24, 2.45) is 5.92 Å². The number of nitrogens with zero attached hydrogens (tertiary/aromatic N) is 1. The topological polar surface area (TPSA) is 36.1 Å². The third-order valence-corrected chi connectivity index (χ3v) is 5.70. The highest BCUT2D eigenvalue weighted by atomic mass is 19.1. The van der Waals surface area contributed by atoms with Gasteiger partial charge in [-0.25, -0.2) is 4.39 Å². The van der Waals surface area contributed by atoms with Crippen molar-refractivity contribution >= 4 is 16.8 Å². The number of carbonyl (C=O) groups excluding carboxylic acids is 1. The van der Waals surface area contributed by atoms with E-state index >= 15 is 0 Å². The lowest BCUT2D eigenvalue weighted by Gasteiger charge is -2.53. The number of hydrogen-bond acceptors (Lipinski definition) is 1. The minimum atomic E-state index is -0.236. The van der Waals surface area contributed by atoms with Gasteiger partial charge in [-0.05, 0) is 61.8 Å². The van der Waals surface area contributed by atoms with Gasteiger partial charge in [-0.3, -0.25) is 4.79 Å². The zero-order valence-corrected chi connectivity index (χ0v) is 13.5. The minimum absolute atomic E-state index is 0.236. The zero-order chi connectivity index (χ0) is 16.0. The van der Waals surface area contributed by atoms with Gasteiger partial charge in [-0.1, -0.05) is 6.92 Å². The molecular weight excluding hydrogens is 291 g/mol. The average Bonchev–Trinajstić information content (AvgIpc) is 2.93. The van der Waals surface area contributed by atoms with Gasteiger partial charge < -0.3 is 9.88 Å². The number of carbonyl (C=O) groups is 1. The summed E-state index contributed by atoms with van der Waals surface area (Å²) in [4.78, 5) is 18.0. The van der Waals surface area contributed by atoms with Crippen molar-refractivity contribution in [1.82, 2.24) is 9.88 Å². The number of aromatic amines is 1. The van der Waals surface area contributed by atoms with E-state index in [4.69, 9.17) is 0 Å². The van der Waals surface area contributed by atoms with Crippen molar-refractivity contribution < 1.29 is 9.18 Å². The minimum Gasteiger partial charge on any atom is -0.361 e. The Balaban J connectivity index is 1.46. The Kier molecular flexibility index (Phi) is 3.63. The monoisotopic (exact) mass is 314 g/mol. The van der Waals surface area contributed by atoms with Gasteiger partial charge in [0.25, 0.3) is 0 Å². The fourth-order valence-corrected chi connectivity index (χ4v) is 4.42. The summed E-state index contributed by atoms with van der Waals surface area (Å²) in [5, 5.41) is 1.02. The maximum Gasteiger partial charge on any atom is 0.223 e. The van der Waals surface area contributed by atoms with Crippen LogP contribution in [0.25, 0.3) is 10.9 Å². The number of halogens is 1. The molecule has 2 saturated heterocycles. The Morgan fingerprint density at radius 1 is 1.35 bits per heavy atom. The molecule has 3 nitrogen and oxygen atoms in total. The van der Waals surface area contributed by atoms with Crippen LogP contribution in [0.4, 0.5) is 4.39 Å². The summed E-state index contributed by atoms with van der Waals surface area (Å²) in [5.74, 6) is 0.912. The van der Waals surface area contributed by atoms with Crippen molar-refractivity contribution in [2.45, 2.75) is 57.5 Å². The SMILES string of the molecule is CCC1CC2CC(C2)N1C(=O)CCc1c[nH]c2cc(F)ccc12. The first kappa shape index (κ1) is 14.7. The summed E-state index contributed by atoms with van der Waals surface area (Å²) in [6, 6.07) is 5.72. The number of piperidine rings is 2. The lowest BCUT2D eigenvalue weighted by atomic mass is 9.70. The van der Waals surface area contributed by atoms with E-state index in [0.717, 1.165) is 28.8 Å². The molecule has 1 aliphatic carbocycles. The molecule has 2 aliphatic heterocycles. The van der Waals surface area contributed by atoms with Crippen molar-refractivity contribution in [1.29, 1.82) is 0 Å². The summed E-state index contributed by atoms with van der Waals surface area (Å²) >= 11 is 0. The molecule has 1 aromatic carbocycles. The summed E-state index contributed by atoms with van der Waals surface area (Å²) in [6.07, 6.45) is 7.82. The number of benzene rings is 1. The normalized spacial score (nSPS) is 26.3. The molecule has 23 heavy (non-hydrogen) atoms. The number of amides is 1. The molecule has 0 spiro atoms. The van der Waals surface area contributed by atoms with Crippen LogP contribution in [0.15, 0.2) is 24.4 Å². The Hall–Kier alpha value is -1.84. The van der Waals surface area contributed by atoms with Crippen LogP contribution < -0.4 is 0 Å². The lowest BCUT2D eigenvalue weighted by Crippen LogP contribution is -2.58. The van der Waals surface area contributed by atoms with E-state index in [1.54, 1.807) is 6.07 Å². The predicted molar refractivity (Wildman–Crippen MR) is 88.6 cm³/mol. The van der Waals surface area contributed by atoms with Gasteiger partial charge in [0.1, 0.15) is 5.82 Å². The van der Waals surface area contributed by atoms with Gasteiger partial charge in [0, 0.05) is 35.6 Å². The summed E-state index contributed by atoms with van der Waals surface area (Å²) < 4.78 is 13.3. The van der Waals surface area contributed by atoms with Gasteiger partial charge in [-0.15, -0.1) is 0 Å². The number of H-pyrrole nitrogens is 1. The first-order valence-electron chi connectivity index (χ1n) is 8.72. The Bertz CT molecular complexity index is 732. The van der Waals surface area contributed by atoms with Crippen molar-refractivity contribution in [2.75, 3.05) is 0 Å². The van der Waals surface area contributed by atoms with Crippen LogP contribution in [0.5, 0.6) is 0 Å². The standard InChI is InChI=1S/C19H23FN2O/c1-2-15-7-12-8-16(9-12)22(15)19(23)6-3-13-11-21-18-10-14(20)4-5-17(13)18/h4-5,10-12,15-16,21H,2-3,6-9H2,1H3. The van der Waals surface area contributed by atoms with Crippen molar-refractivity contribution in [3.05, 3.63) is 35.8 Å². The number of rotatable bonds is 4. The third kappa shape index (κ3) is 2.54. The Morgan fingerprint density at radius 3 is 2.96 bits per heavy atom. The van der Waals surface area contributed by atoms with Gasteiger partial charge in [0.2, 0.25) is 5.91 Å². The highest BCUT2D eigenvalue weighted by molar-refractivity contribution is 5.84. The lowest BCUT2D eigenvalue weighted by molar-refractivity contribution is -0.146. The summed E-state index contributed by atoms with van der Waals surface area (Å²) in [6.45, 7) is 2.18. The quantitative estimate of drug-likeness (QED) is 0.909. The van der Waals surface area contributed by atoms with E-state index in [2.05, 4.69) is 16.8 Å². The van der Waals surface area contributed by atoms with Gasteiger partial charge >= 0.3 is 0 Å². The second kappa shape index (κ2) is 5.66. The number of aryl methyl sites for hydroxylation is 1. The highest BCUT2D eigenvalue weighted by Crippen LogP contribution is 2.43. The summed E-state index contributed by atoms with van der Waals surface area (Å²) in [7, 11) is 0. The second-order valence-electron chi connectivity index (χ2n) is 7.09. The van der Waals surface area contributed by atoms with E-state index in [-0.39, 0.29) is 11.7 Å². The van der Waals surface area contributed by atoms with Crippen molar-refractivity contribution in [3.8, 4) is 0 Å². The predicted octanol–water partition coefficient (Wildman–Crippen LogP) is 4.03. The molecule has 1 saturated carbocycles. The van der Waals surface area contributed by atoms with Gasteiger partial charge in [0.15, 0.2) is 0 Å². The summed E-state index contributed by atoms with van der Waals surface area (Å²) in [5.41, 5.74) is 1.91. The number of aromatic nitrogens is 1. The number of nitrogens with one attached hydrogen (secondary N) is 1. The number of fused-ring (bicyclic) bond motifs is 3. The van der Waals surface area contributed by atoms with Crippen LogP contribution >= 0.6 is 0 Å². The highest BCUT2D eigenvalue weighted by Gasteiger charge is 2.44. The van der Waals surface area contributed by atoms with E-state index in [1.807, 2.05) is 6.20 Å². The van der Waals surface area contributed by atoms with Gasteiger partial charge in [0.05, 0.1) is 0 Å². The smallest absolute Gasteiger partial charge is 0.223 e. The molecule has 1 amide bonds. The zero-order valence-electron chi connectivity index (χ0n) is 13.5. The maximum absolute atomic E-state index is 13.3. The molecule has 1 atom stereocenters. The molecule has 5 rings (SSSR count).